The molecule has 2 aromatic carbocycles. The van der Waals surface area contributed by atoms with E-state index in [1.165, 1.54) is 12.1 Å². The van der Waals surface area contributed by atoms with Crippen molar-refractivity contribution in [2.45, 2.75) is 11.8 Å². The number of rotatable bonds is 4. The molecule has 0 saturated carbocycles. The average molecular weight is 347 g/mol. The normalized spacial score (nSPS) is 13.4. The summed E-state index contributed by atoms with van der Waals surface area (Å²) in [6.45, 7) is 2.78. The summed E-state index contributed by atoms with van der Waals surface area (Å²) in [5, 5.41) is 2.58. The van der Waals surface area contributed by atoms with Gasteiger partial charge in [-0.2, -0.15) is 0 Å². The van der Waals surface area contributed by atoms with Crippen LogP contribution in [0.1, 0.15) is 5.56 Å². The summed E-state index contributed by atoms with van der Waals surface area (Å²) >= 11 is 0. The highest BCUT2D eigenvalue weighted by molar-refractivity contribution is 7.92. The maximum absolute atomic E-state index is 12.3. The molecule has 6 nitrogen and oxygen atoms in total. The Hall–Kier alpha value is -2.54. The van der Waals surface area contributed by atoms with Crippen molar-refractivity contribution in [1.29, 1.82) is 0 Å². The summed E-state index contributed by atoms with van der Waals surface area (Å²) in [4.78, 5) is 12.2. The van der Waals surface area contributed by atoms with Crippen LogP contribution >= 0.6 is 0 Å². The minimum atomic E-state index is -3.68. The molecular weight excluding hydrogens is 330 g/mol. The monoisotopic (exact) mass is 347 g/mol. The van der Waals surface area contributed by atoms with Gasteiger partial charge < -0.3 is 14.8 Å². The number of amides is 1. The van der Waals surface area contributed by atoms with E-state index in [1.54, 1.807) is 30.3 Å². The smallest absolute Gasteiger partial charge is 0.239 e. The summed E-state index contributed by atoms with van der Waals surface area (Å²) in [6.07, 6.45) is 0. The Morgan fingerprint density at radius 1 is 1.04 bits per heavy atom. The van der Waals surface area contributed by atoms with Gasteiger partial charge in [-0.25, -0.2) is 8.42 Å². The van der Waals surface area contributed by atoms with Gasteiger partial charge in [0.05, 0.1) is 4.90 Å². The lowest BCUT2D eigenvalue weighted by Crippen LogP contribution is -2.23. The molecular formula is C17H17NO5S. The van der Waals surface area contributed by atoms with Crippen molar-refractivity contribution >= 4 is 21.4 Å². The highest BCUT2D eigenvalue weighted by Gasteiger charge is 2.20. The van der Waals surface area contributed by atoms with Crippen molar-refractivity contribution in [1.82, 2.24) is 0 Å². The van der Waals surface area contributed by atoms with E-state index in [0.717, 1.165) is 5.56 Å². The third kappa shape index (κ3) is 3.68. The number of aryl methyl sites for hydroxylation is 1. The zero-order valence-electron chi connectivity index (χ0n) is 13.1. The molecule has 2 aromatic rings. The lowest BCUT2D eigenvalue weighted by atomic mass is 10.2. The van der Waals surface area contributed by atoms with E-state index in [1.807, 2.05) is 6.92 Å². The van der Waals surface area contributed by atoms with Crippen LogP contribution < -0.4 is 14.8 Å². The molecule has 0 radical (unpaired) electrons. The van der Waals surface area contributed by atoms with E-state index < -0.39 is 21.5 Å². The van der Waals surface area contributed by atoms with E-state index in [9.17, 15) is 13.2 Å². The first-order valence-corrected chi connectivity index (χ1v) is 9.08. The third-order valence-electron chi connectivity index (χ3n) is 3.53. The molecule has 1 heterocycles. The van der Waals surface area contributed by atoms with Crippen LogP contribution in [0.15, 0.2) is 47.4 Å². The van der Waals surface area contributed by atoms with Crippen molar-refractivity contribution in [2.24, 2.45) is 0 Å². The standard InChI is InChI=1S/C17H17NO5S/c1-12-2-5-14(6-3-12)24(20,21)11-17(19)18-13-4-7-15-16(10-13)23-9-8-22-15/h2-7,10H,8-9,11H2,1H3,(H,18,19). The van der Waals surface area contributed by atoms with Crippen molar-refractivity contribution in [3.63, 3.8) is 0 Å². The number of anilines is 1. The van der Waals surface area contributed by atoms with Crippen LogP contribution in [0, 0.1) is 6.92 Å². The number of hydrogen-bond donors (Lipinski definition) is 1. The molecule has 0 saturated heterocycles. The molecule has 24 heavy (non-hydrogen) atoms. The molecule has 126 valence electrons. The molecule has 0 aliphatic carbocycles. The SMILES string of the molecule is Cc1ccc(S(=O)(=O)CC(=O)Nc2ccc3c(c2)OCCO3)cc1. The van der Waals surface area contributed by atoms with Gasteiger partial charge in [-0.15, -0.1) is 0 Å². The predicted molar refractivity (Wildman–Crippen MR) is 89.3 cm³/mol. The van der Waals surface area contributed by atoms with E-state index in [0.29, 0.717) is 30.4 Å². The molecule has 0 bridgehead atoms. The highest BCUT2D eigenvalue weighted by Crippen LogP contribution is 2.32. The molecule has 7 heteroatoms. The summed E-state index contributed by atoms with van der Waals surface area (Å²) in [7, 11) is -3.68. The summed E-state index contributed by atoms with van der Waals surface area (Å²) in [5.74, 6) is -0.0935. The maximum Gasteiger partial charge on any atom is 0.239 e. The van der Waals surface area contributed by atoms with Gasteiger partial charge in [-0.3, -0.25) is 4.79 Å². The molecule has 1 N–H and O–H groups in total. The van der Waals surface area contributed by atoms with Crippen LogP contribution in [-0.2, 0) is 14.6 Å². The molecule has 0 aromatic heterocycles. The van der Waals surface area contributed by atoms with Crippen LogP contribution in [0.25, 0.3) is 0 Å². The van der Waals surface area contributed by atoms with Gasteiger partial charge in [-0.1, -0.05) is 17.7 Å². The van der Waals surface area contributed by atoms with E-state index in [-0.39, 0.29) is 4.90 Å². The molecule has 0 atom stereocenters. The lowest BCUT2D eigenvalue weighted by molar-refractivity contribution is -0.113. The van der Waals surface area contributed by atoms with Crippen molar-refractivity contribution < 1.29 is 22.7 Å². The van der Waals surface area contributed by atoms with Gasteiger partial charge in [0.2, 0.25) is 5.91 Å². The number of ether oxygens (including phenoxy) is 2. The first kappa shape index (κ1) is 16.3. The number of nitrogens with one attached hydrogen (secondary N) is 1. The van der Waals surface area contributed by atoms with E-state index in [2.05, 4.69) is 5.32 Å². The van der Waals surface area contributed by atoms with Crippen molar-refractivity contribution in [2.75, 3.05) is 24.3 Å². The number of benzene rings is 2. The maximum atomic E-state index is 12.3. The number of hydrogen-bond acceptors (Lipinski definition) is 5. The second-order valence-corrected chi connectivity index (χ2v) is 7.47. The summed E-state index contributed by atoms with van der Waals surface area (Å²) in [6, 6.07) is 11.3. The fourth-order valence-electron chi connectivity index (χ4n) is 2.32. The zero-order chi connectivity index (χ0) is 17.2. The Labute approximate surface area is 140 Å². The summed E-state index contributed by atoms with van der Waals surface area (Å²) in [5.41, 5.74) is 1.41. The lowest BCUT2D eigenvalue weighted by Gasteiger charge is -2.19. The third-order valence-corrected chi connectivity index (χ3v) is 5.16. The fourth-order valence-corrected chi connectivity index (χ4v) is 3.45. The number of fused-ring (bicyclic) bond motifs is 1. The average Bonchev–Trinajstić information content (AvgIpc) is 2.54. The van der Waals surface area contributed by atoms with Gasteiger partial charge in [0.25, 0.3) is 0 Å². The summed E-state index contributed by atoms with van der Waals surface area (Å²) < 4.78 is 35.4. The van der Waals surface area contributed by atoms with Crippen molar-refractivity contribution in [3.8, 4) is 11.5 Å². The Balaban J connectivity index is 1.70. The molecule has 3 rings (SSSR count). The molecule has 0 unspecified atom stereocenters. The van der Waals surface area contributed by atoms with Crippen LogP contribution in [0.3, 0.4) is 0 Å². The molecule has 1 amide bonds. The second-order valence-electron chi connectivity index (χ2n) is 5.48. The molecule has 0 spiro atoms. The van der Waals surface area contributed by atoms with Crippen LogP contribution in [0.4, 0.5) is 5.69 Å². The second kappa shape index (κ2) is 6.52. The highest BCUT2D eigenvalue weighted by atomic mass is 32.2. The van der Waals surface area contributed by atoms with Gasteiger partial charge in [0, 0.05) is 11.8 Å². The Morgan fingerprint density at radius 2 is 1.71 bits per heavy atom. The number of sulfone groups is 1. The molecule has 0 fully saturated rings. The zero-order valence-corrected chi connectivity index (χ0v) is 13.9. The van der Waals surface area contributed by atoms with Gasteiger partial charge in [0.1, 0.15) is 19.0 Å². The van der Waals surface area contributed by atoms with Gasteiger partial charge in [-0.05, 0) is 31.2 Å². The number of carbonyl (C=O) groups is 1. The van der Waals surface area contributed by atoms with Crippen LogP contribution in [-0.4, -0.2) is 33.3 Å². The topological polar surface area (TPSA) is 81.7 Å². The Kier molecular flexibility index (Phi) is 4.44. The quantitative estimate of drug-likeness (QED) is 0.917. The van der Waals surface area contributed by atoms with E-state index in [4.69, 9.17) is 9.47 Å². The minimum Gasteiger partial charge on any atom is -0.486 e. The van der Waals surface area contributed by atoms with Gasteiger partial charge >= 0.3 is 0 Å². The first-order chi connectivity index (χ1) is 11.4. The fraction of sp³-hybridized carbons (Fsp3) is 0.235. The van der Waals surface area contributed by atoms with Crippen molar-refractivity contribution in [3.05, 3.63) is 48.0 Å². The molecule has 1 aliphatic heterocycles. The van der Waals surface area contributed by atoms with Gasteiger partial charge in [0.15, 0.2) is 21.3 Å². The Morgan fingerprint density at radius 3 is 2.42 bits per heavy atom. The number of carbonyl (C=O) groups excluding carboxylic acids is 1. The minimum absolute atomic E-state index is 0.130. The van der Waals surface area contributed by atoms with E-state index >= 15 is 0 Å². The van der Waals surface area contributed by atoms with Crippen LogP contribution in [0.5, 0.6) is 11.5 Å². The predicted octanol–water partition coefficient (Wildman–Crippen LogP) is 2.18. The Bertz CT molecular complexity index is 859. The van der Waals surface area contributed by atoms with Crippen LogP contribution in [0.2, 0.25) is 0 Å². The largest absolute Gasteiger partial charge is 0.486 e. The molecule has 1 aliphatic rings. The first-order valence-electron chi connectivity index (χ1n) is 7.43.